The lowest BCUT2D eigenvalue weighted by Gasteiger charge is -2.49. The van der Waals surface area contributed by atoms with Gasteiger partial charge in [0.05, 0.1) is 12.0 Å². The molecule has 7 atom stereocenters. The number of rotatable bonds is 5. The van der Waals surface area contributed by atoms with Crippen LogP contribution in [0.4, 0.5) is 0 Å². The second-order valence-corrected chi connectivity index (χ2v) is 11.5. The number of nitrogens with zero attached hydrogens (tertiary/aromatic N) is 2. The van der Waals surface area contributed by atoms with E-state index in [1.807, 2.05) is 0 Å². The zero-order valence-corrected chi connectivity index (χ0v) is 20.1. The largest absolute Gasteiger partial charge is 0.462 e. The molecule has 178 valence electrons. The average molecular weight is 451 g/mol. The van der Waals surface area contributed by atoms with Gasteiger partial charge < -0.3 is 9.47 Å². The van der Waals surface area contributed by atoms with E-state index < -0.39 is 0 Å². The topological polar surface area (TPSA) is 45.3 Å². The third-order valence-electron chi connectivity index (χ3n) is 9.59. The van der Waals surface area contributed by atoms with Crippen LogP contribution in [0.3, 0.4) is 0 Å². The highest BCUT2D eigenvalue weighted by atomic mass is 16.6. The molecule has 3 aliphatic heterocycles. The normalized spacial score (nSPS) is 43.1. The van der Waals surface area contributed by atoms with Gasteiger partial charge in [0.15, 0.2) is 0 Å². The Kier molecular flexibility index (Phi) is 5.43. The maximum atomic E-state index is 13.0. The lowest BCUT2D eigenvalue weighted by atomic mass is 9.53. The molecule has 2 aliphatic carbocycles. The molecule has 1 aromatic carbocycles. The minimum atomic E-state index is -0.0254. The number of ether oxygens (including phenoxy) is 2. The number of benzene rings is 1. The quantitative estimate of drug-likeness (QED) is 0.504. The molecule has 0 unspecified atom stereocenters. The molecule has 0 amide bonds. The fraction of sp³-hybridized carbons (Fsp3) is 0.679. The molecular formula is C28H38N2O3. The number of fused-ring (bicyclic) bond motifs is 2. The Hall–Kier alpha value is -1.69. The molecule has 5 heteroatoms. The molecule has 33 heavy (non-hydrogen) atoms. The summed E-state index contributed by atoms with van der Waals surface area (Å²) in [6.45, 7) is 10.7. The van der Waals surface area contributed by atoms with Crippen molar-refractivity contribution in [2.24, 2.45) is 23.2 Å². The average Bonchev–Trinajstić information content (AvgIpc) is 3.50. The highest BCUT2D eigenvalue weighted by molar-refractivity contribution is 5.76. The Bertz CT molecular complexity index is 911. The minimum Gasteiger partial charge on any atom is -0.462 e. The molecule has 2 saturated carbocycles. The van der Waals surface area contributed by atoms with Crippen LogP contribution in [0.5, 0.6) is 0 Å². The summed E-state index contributed by atoms with van der Waals surface area (Å²) in [6, 6.07) is 10.5. The monoisotopic (exact) mass is 450 g/mol. The van der Waals surface area contributed by atoms with Crippen LogP contribution in [0.15, 0.2) is 36.4 Å². The molecule has 0 N–H and O–H groups in total. The van der Waals surface area contributed by atoms with E-state index in [1.54, 1.807) is 0 Å². The molecule has 0 aromatic heterocycles. The van der Waals surface area contributed by atoms with Crippen LogP contribution >= 0.6 is 0 Å². The summed E-state index contributed by atoms with van der Waals surface area (Å²) in [6.07, 6.45) is 9.47. The summed E-state index contributed by atoms with van der Waals surface area (Å²) in [5, 5.41) is 0. The first kappa shape index (κ1) is 21.8. The number of hydrogen-bond acceptors (Lipinski definition) is 5. The van der Waals surface area contributed by atoms with Gasteiger partial charge in [0.1, 0.15) is 11.7 Å². The lowest BCUT2D eigenvalue weighted by molar-refractivity contribution is -0.146. The first-order chi connectivity index (χ1) is 16.0. The first-order valence-corrected chi connectivity index (χ1v) is 13.0. The van der Waals surface area contributed by atoms with Gasteiger partial charge in [-0.2, -0.15) is 0 Å². The highest BCUT2D eigenvalue weighted by Gasteiger charge is 2.78. The van der Waals surface area contributed by atoms with Crippen LogP contribution in [0.25, 0.3) is 6.08 Å². The second kappa shape index (κ2) is 8.21. The fourth-order valence-corrected chi connectivity index (χ4v) is 7.78. The van der Waals surface area contributed by atoms with Crippen molar-refractivity contribution in [2.75, 3.05) is 39.3 Å². The summed E-state index contributed by atoms with van der Waals surface area (Å²) in [4.78, 5) is 18.0. The number of carbonyl (C=O) groups is 1. The van der Waals surface area contributed by atoms with E-state index in [2.05, 4.69) is 66.1 Å². The zero-order valence-electron chi connectivity index (χ0n) is 20.1. The molecule has 3 heterocycles. The number of hydrogen-bond donors (Lipinski definition) is 0. The van der Waals surface area contributed by atoms with Crippen molar-refractivity contribution in [3.05, 3.63) is 42.0 Å². The molecule has 6 rings (SSSR count). The minimum absolute atomic E-state index is 0.00241. The van der Waals surface area contributed by atoms with Crippen LogP contribution in [0.2, 0.25) is 0 Å². The number of esters is 1. The predicted octanol–water partition coefficient (Wildman–Crippen LogP) is 3.84. The van der Waals surface area contributed by atoms with Gasteiger partial charge in [-0.25, -0.2) is 0 Å². The summed E-state index contributed by atoms with van der Waals surface area (Å²) < 4.78 is 12.6. The van der Waals surface area contributed by atoms with Gasteiger partial charge in [0.2, 0.25) is 0 Å². The summed E-state index contributed by atoms with van der Waals surface area (Å²) >= 11 is 0. The van der Waals surface area contributed by atoms with Crippen LogP contribution in [0, 0.1) is 23.2 Å². The van der Waals surface area contributed by atoms with Crippen LogP contribution in [-0.4, -0.2) is 72.8 Å². The fourth-order valence-electron chi connectivity index (χ4n) is 7.78. The van der Waals surface area contributed by atoms with Crippen molar-refractivity contribution in [1.82, 2.24) is 9.80 Å². The van der Waals surface area contributed by atoms with E-state index in [4.69, 9.17) is 9.47 Å². The van der Waals surface area contributed by atoms with Crippen molar-refractivity contribution in [1.29, 1.82) is 0 Å². The van der Waals surface area contributed by atoms with Gasteiger partial charge in [0.25, 0.3) is 0 Å². The maximum absolute atomic E-state index is 13.0. The van der Waals surface area contributed by atoms with E-state index in [0.717, 1.165) is 45.7 Å². The Labute approximate surface area is 198 Å². The van der Waals surface area contributed by atoms with Crippen LogP contribution in [0.1, 0.15) is 45.1 Å². The molecule has 1 aromatic rings. The van der Waals surface area contributed by atoms with Gasteiger partial charge in [-0.15, -0.1) is 0 Å². The molecule has 0 bridgehead atoms. The molecule has 1 spiro atoms. The zero-order chi connectivity index (χ0) is 22.6. The summed E-state index contributed by atoms with van der Waals surface area (Å²) in [5.41, 5.74) is 1.42. The summed E-state index contributed by atoms with van der Waals surface area (Å²) in [7, 11) is 0. The molecule has 3 saturated heterocycles. The third kappa shape index (κ3) is 3.59. The number of piperazine rings is 1. The van der Waals surface area contributed by atoms with E-state index in [1.165, 1.54) is 24.8 Å². The molecule has 5 fully saturated rings. The van der Waals surface area contributed by atoms with Gasteiger partial charge in [-0.1, -0.05) is 62.8 Å². The highest BCUT2D eigenvalue weighted by Crippen LogP contribution is 2.70. The lowest BCUT2D eigenvalue weighted by Crippen LogP contribution is -2.55. The van der Waals surface area contributed by atoms with E-state index in [9.17, 15) is 4.79 Å². The van der Waals surface area contributed by atoms with Crippen molar-refractivity contribution in [2.45, 2.75) is 57.3 Å². The van der Waals surface area contributed by atoms with Crippen molar-refractivity contribution >= 4 is 12.0 Å². The third-order valence-corrected chi connectivity index (χ3v) is 9.59. The van der Waals surface area contributed by atoms with Gasteiger partial charge in [0, 0.05) is 50.6 Å². The maximum Gasteiger partial charge on any atom is 0.311 e. The van der Waals surface area contributed by atoms with Gasteiger partial charge in [-0.3, -0.25) is 14.6 Å². The van der Waals surface area contributed by atoms with E-state index in [-0.39, 0.29) is 41.0 Å². The van der Waals surface area contributed by atoms with E-state index in [0.29, 0.717) is 5.92 Å². The molecular weight excluding hydrogens is 412 g/mol. The summed E-state index contributed by atoms with van der Waals surface area (Å²) in [5.74, 6) is 0.838. The second-order valence-electron chi connectivity index (χ2n) is 11.5. The Morgan fingerprint density at radius 1 is 1.12 bits per heavy atom. The van der Waals surface area contributed by atoms with Crippen molar-refractivity contribution in [3.63, 3.8) is 0 Å². The van der Waals surface area contributed by atoms with Gasteiger partial charge >= 0.3 is 5.97 Å². The molecule has 5 nitrogen and oxygen atoms in total. The Morgan fingerprint density at radius 2 is 1.88 bits per heavy atom. The first-order valence-electron chi connectivity index (χ1n) is 13.0. The van der Waals surface area contributed by atoms with Crippen LogP contribution < -0.4 is 0 Å². The smallest absolute Gasteiger partial charge is 0.311 e. The molecule has 5 aliphatic rings. The van der Waals surface area contributed by atoms with Crippen molar-refractivity contribution < 1.29 is 14.3 Å². The number of carbonyl (C=O) groups excluding carboxylic acids is 1. The van der Waals surface area contributed by atoms with Crippen LogP contribution in [-0.2, 0) is 14.3 Å². The standard InChI is InChI=1S/C28H38N2O3/c1-20-8-6-12-27(2)18-23-24(25-28(20,27)33-25)22(26(31)32-23)19-30-16-14-29(15-17-30)13-7-11-21-9-4-3-5-10-21/h3-5,7,9-11,20,22-25H,6,8,12-19H2,1-2H3/b11-7+/t20-,22+,23+,24+,25-,27+,28+/m0/s1. The Morgan fingerprint density at radius 3 is 2.67 bits per heavy atom. The number of epoxide rings is 1. The van der Waals surface area contributed by atoms with E-state index >= 15 is 0 Å². The van der Waals surface area contributed by atoms with Crippen molar-refractivity contribution in [3.8, 4) is 0 Å². The predicted molar refractivity (Wildman–Crippen MR) is 129 cm³/mol. The Balaban J connectivity index is 1.06. The SMILES string of the molecule is C[C@H]1CCC[C@]2(C)C[C@H]3OC(=O)[C@H](CN4CCN(C/C=C/c5ccccc5)CC4)[C@H]3[C@@H]3O[C@]132. The van der Waals surface area contributed by atoms with Gasteiger partial charge in [-0.05, 0) is 30.7 Å². The molecule has 0 radical (unpaired) electrons.